The molecule has 62 heavy (non-hydrogen) atoms. The Morgan fingerprint density at radius 2 is 1.32 bits per heavy atom. The Kier molecular flexibility index (Phi) is 9.92. The topological polar surface area (TPSA) is 124 Å². The van der Waals surface area contributed by atoms with Crippen molar-refractivity contribution < 1.29 is 38.6 Å². The number of esters is 2. The van der Waals surface area contributed by atoms with Gasteiger partial charge in [-0.05, 0) is 53.5 Å². The van der Waals surface area contributed by atoms with E-state index < -0.39 is 35.0 Å². The summed E-state index contributed by atoms with van der Waals surface area (Å²) in [6.45, 7) is 5.08. The molecule has 0 amide bonds. The van der Waals surface area contributed by atoms with Gasteiger partial charge in [0.05, 0.1) is 29.1 Å². The van der Waals surface area contributed by atoms with E-state index >= 15 is 9.59 Å². The second-order valence-electron chi connectivity index (χ2n) is 14.8. The molecule has 0 saturated heterocycles. The van der Waals surface area contributed by atoms with Crippen LogP contribution in [0.15, 0.2) is 150 Å². The molecule has 1 atom stereocenters. The molecule has 3 aliphatic rings. The molecule has 1 unspecified atom stereocenters. The fourth-order valence-corrected chi connectivity index (χ4v) is 14.3. The molecule has 1 saturated carbocycles. The van der Waals surface area contributed by atoms with Crippen LogP contribution in [0.3, 0.4) is 0 Å². The summed E-state index contributed by atoms with van der Waals surface area (Å²) in [4.78, 5) is 72.9. The highest BCUT2D eigenvalue weighted by Crippen LogP contribution is 2.58. The summed E-state index contributed by atoms with van der Waals surface area (Å²) >= 11 is 5.92. The van der Waals surface area contributed by atoms with Gasteiger partial charge in [-0.1, -0.05) is 110 Å². The van der Waals surface area contributed by atoms with Crippen LogP contribution in [0.25, 0.3) is 40.4 Å². The smallest absolute Gasteiger partial charge is 0.333 e. The number of allylic oxidation sites excluding steroid dienone is 7. The second kappa shape index (κ2) is 15.5. The van der Waals surface area contributed by atoms with Crippen LogP contribution in [0, 0.1) is 0 Å². The number of carbonyl (C=O) groups excluding carboxylic acids is 5. The minimum absolute atomic E-state index is 0.0940. The molecule has 0 spiro atoms. The molecule has 304 valence electrons. The number of aliphatic hydroxyl groups is 1. The van der Waals surface area contributed by atoms with Gasteiger partial charge in [0.2, 0.25) is 5.41 Å². The van der Waals surface area contributed by atoms with Crippen LogP contribution in [-0.2, 0) is 47.3 Å². The largest absolute Gasteiger partial charge is 0.459 e. The number of thiophene rings is 4. The molecular weight excluding hydrogens is 857 g/mol. The summed E-state index contributed by atoms with van der Waals surface area (Å²) in [5.41, 5.74) is 1.22. The standard InChI is InChI=1S/C50H32O8S4/c1-3-13-31-30(4-2)39(51)34(40(31)52)20-28-21-36-38(50(28,48(55)57-24-26-14-7-5-8-15-26)49(56)58-25-27-16-9-6-10-17-27)44-46(60-36)47-45(62-44)43-37(61-47)23-29(59-43)22-35-41(53)32-18-11-12-19-33(32)42(35)54/h3-23,41,53H,1,24-25H2,2H3/b30-4+,31-13+,34-20-,35-22+. The van der Waals surface area contributed by atoms with Gasteiger partial charge in [0.25, 0.3) is 0 Å². The predicted molar refractivity (Wildman–Crippen MR) is 246 cm³/mol. The fraction of sp³-hybridized carbons (Fsp3) is 0.100. The number of hydrogen-bond acceptors (Lipinski definition) is 12. The van der Waals surface area contributed by atoms with Gasteiger partial charge >= 0.3 is 11.9 Å². The molecular formula is C50H32O8S4. The maximum Gasteiger partial charge on any atom is 0.333 e. The molecule has 10 rings (SSSR count). The summed E-state index contributed by atoms with van der Waals surface area (Å²) in [6.07, 6.45) is 8.27. The number of rotatable bonds is 9. The number of aliphatic hydroxyl groups excluding tert-OH is 1. The minimum atomic E-state index is -2.23. The van der Waals surface area contributed by atoms with Crippen molar-refractivity contribution in [2.24, 2.45) is 0 Å². The normalized spacial score (nSPS) is 19.4. The van der Waals surface area contributed by atoms with Gasteiger partial charge in [-0.3, -0.25) is 24.0 Å². The molecule has 1 N–H and O–H groups in total. The average Bonchev–Trinajstić information content (AvgIpc) is 4.14. The predicted octanol–water partition coefficient (Wildman–Crippen LogP) is 11.0. The molecule has 0 bridgehead atoms. The van der Waals surface area contributed by atoms with Gasteiger partial charge in [0.1, 0.15) is 19.3 Å². The first-order valence-electron chi connectivity index (χ1n) is 19.5. The quantitative estimate of drug-likeness (QED) is 0.0658. The maximum absolute atomic E-state index is 15.2. The van der Waals surface area contributed by atoms with Crippen molar-refractivity contribution in [2.75, 3.05) is 0 Å². The third kappa shape index (κ3) is 6.12. The number of fused-ring (bicyclic) bond motifs is 8. The molecule has 8 nitrogen and oxygen atoms in total. The Bertz CT molecular complexity index is 3220. The van der Waals surface area contributed by atoms with Crippen LogP contribution < -0.4 is 0 Å². The Morgan fingerprint density at radius 3 is 1.97 bits per heavy atom. The first-order chi connectivity index (χ1) is 30.1. The average molecular weight is 889 g/mol. The molecule has 1 fully saturated rings. The summed E-state index contributed by atoms with van der Waals surface area (Å²) in [6, 6.07) is 27.3. The van der Waals surface area contributed by atoms with Crippen LogP contribution in [0.5, 0.6) is 0 Å². The van der Waals surface area contributed by atoms with Gasteiger partial charge < -0.3 is 14.6 Å². The lowest BCUT2D eigenvalue weighted by atomic mass is 9.76. The van der Waals surface area contributed by atoms with Crippen molar-refractivity contribution >= 4 is 115 Å². The summed E-state index contributed by atoms with van der Waals surface area (Å²) in [5.74, 6) is -3.09. The van der Waals surface area contributed by atoms with E-state index in [4.69, 9.17) is 9.47 Å². The molecule has 3 aromatic carbocycles. The van der Waals surface area contributed by atoms with Crippen molar-refractivity contribution in [3.63, 3.8) is 0 Å². The van der Waals surface area contributed by atoms with Gasteiger partial charge in [0.15, 0.2) is 17.3 Å². The van der Waals surface area contributed by atoms with Crippen molar-refractivity contribution in [3.05, 3.63) is 187 Å². The van der Waals surface area contributed by atoms with E-state index in [1.54, 1.807) is 60.8 Å². The zero-order valence-electron chi connectivity index (χ0n) is 32.8. The molecule has 4 aromatic heterocycles. The Hall–Kier alpha value is -6.41. The minimum Gasteiger partial charge on any atom is -0.459 e. The highest BCUT2D eigenvalue weighted by atomic mass is 32.1. The van der Waals surface area contributed by atoms with Crippen LogP contribution in [-0.4, -0.2) is 34.4 Å². The van der Waals surface area contributed by atoms with E-state index in [0.29, 0.717) is 43.0 Å². The van der Waals surface area contributed by atoms with Gasteiger partial charge in [-0.25, -0.2) is 0 Å². The Morgan fingerprint density at radius 1 is 0.710 bits per heavy atom. The molecule has 0 aliphatic heterocycles. The summed E-state index contributed by atoms with van der Waals surface area (Å²) in [5, 5.41) is 11.1. The van der Waals surface area contributed by atoms with Gasteiger partial charge in [0, 0.05) is 42.3 Å². The number of benzene rings is 3. The van der Waals surface area contributed by atoms with E-state index in [1.165, 1.54) is 52.2 Å². The number of ketones is 3. The van der Waals surface area contributed by atoms with Crippen molar-refractivity contribution in [2.45, 2.75) is 31.7 Å². The lowest BCUT2D eigenvalue weighted by Crippen LogP contribution is -2.46. The van der Waals surface area contributed by atoms with E-state index in [9.17, 15) is 19.5 Å². The monoisotopic (exact) mass is 888 g/mol. The lowest BCUT2D eigenvalue weighted by molar-refractivity contribution is -0.164. The van der Waals surface area contributed by atoms with E-state index in [1.807, 2.05) is 66.7 Å². The summed E-state index contributed by atoms with van der Waals surface area (Å²) in [7, 11) is 0. The van der Waals surface area contributed by atoms with Gasteiger partial charge in [-0.15, -0.1) is 45.3 Å². The van der Waals surface area contributed by atoms with Gasteiger partial charge in [-0.2, -0.15) is 0 Å². The molecule has 0 radical (unpaired) electrons. The zero-order chi connectivity index (χ0) is 42.9. The maximum atomic E-state index is 15.2. The molecule has 4 heterocycles. The van der Waals surface area contributed by atoms with Crippen LogP contribution in [0.4, 0.5) is 0 Å². The Labute approximate surface area is 370 Å². The van der Waals surface area contributed by atoms with Crippen LogP contribution >= 0.6 is 45.3 Å². The highest BCUT2D eigenvalue weighted by molar-refractivity contribution is 7.44. The third-order valence-electron chi connectivity index (χ3n) is 11.3. The highest BCUT2D eigenvalue weighted by Gasteiger charge is 2.59. The van der Waals surface area contributed by atoms with Crippen molar-refractivity contribution in [1.29, 1.82) is 0 Å². The van der Waals surface area contributed by atoms with Crippen LogP contribution in [0.2, 0.25) is 0 Å². The van der Waals surface area contributed by atoms with Crippen molar-refractivity contribution in [1.82, 2.24) is 0 Å². The first kappa shape index (κ1) is 39.7. The van der Waals surface area contributed by atoms with E-state index in [0.717, 1.165) is 28.4 Å². The molecule has 7 aromatic rings. The van der Waals surface area contributed by atoms with E-state index in [2.05, 4.69) is 6.58 Å². The molecule has 12 heteroatoms. The Balaban J connectivity index is 1.14. The van der Waals surface area contributed by atoms with Crippen molar-refractivity contribution in [3.8, 4) is 0 Å². The molecule has 3 aliphatic carbocycles. The second-order valence-corrected chi connectivity index (χ2v) is 19.0. The first-order valence-corrected chi connectivity index (χ1v) is 22.8. The third-order valence-corrected chi connectivity index (χ3v) is 16.6. The fourth-order valence-electron chi connectivity index (χ4n) is 8.35. The number of carbonyl (C=O) groups is 5. The lowest BCUT2D eigenvalue weighted by Gasteiger charge is -2.28. The number of ether oxygens (including phenoxy) is 2. The number of hydrogen-bond donors (Lipinski definition) is 1. The zero-order valence-corrected chi connectivity index (χ0v) is 36.0. The SMILES string of the molecule is C=C/C=C1/C(=O)/C(=C\C2=Cc3sc4c(sc5c6sc(/C=C7/C(=O)c8ccccc8C7O)cc6sc45)c3C2(C(=O)OCc2ccccc2)C(=O)OCc2ccccc2)C(=O)/C1=C/C. The van der Waals surface area contributed by atoms with Crippen LogP contribution in [0.1, 0.15) is 55.4 Å². The van der Waals surface area contributed by atoms with E-state index in [-0.39, 0.29) is 41.3 Å². The summed E-state index contributed by atoms with van der Waals surface area (Å²) < 4.78 is 17.6. The number of Topliss-reactive ketones (excluding diaryl/α,β-unsaturated/α-hetero) is 3.